The monoisotopic (exact) mass is 321 g/mol. The average Bonchev–Trinajstić information content (AvgIpc) is 2.40. The number of nitrogens with zero attached hydrogens (tertiary/aromatic N) is 2. The topological polar surface area (TPSA) is 87.9 Å². The van der Waals surface area contributed by atoms with Crippen LogP contribution < -0.4 is 16.0 Å². The molecule has 0 fully saturated rings. The van der Waals surface area contributed by atoms with Crippen molar-refractivity contribution in [2.24, 2.45) is 0 Å². The van der Waals surface area contributed by atoms with Crippen molar-refractivity contribution >= 4 is 15.9 Å². The zero-order valence-corrected chi connectivity index (χ0v) is 11.4. The molecule has 0 radical (unpaired) electrons. The fourth-order valence-corrected chi connectivity index (χ4v) is 1.95. The van der Waals surface area contributed by atoms with Gasteiger partial charge in [-0.2, -0.15) is 5.26 Å². The van der Waals surface area contributed by atoms with Crippen LogP contribution in [0.15, 0.2) is 38.5 Å². The highest BCUT2D eigenvalue weighted by Crippen LogP contribution is 2.26. The van der Waals surface area contributed by atoms with E-state index in [0.29, 0.717) is 11.4 Å². The number of benzene rings is 1. The summed E-state index contributed by atoms with van der Waals surface area (Å²) in [6.07, 6.45) is 1.20. The van der Waals surface area contributed by atoms with Gasteiger partial charge in [0.15, 0.2) is 0 Å². The van der Waals surface area contributed by atoms with E-state index in [1.54, 1.807) is 24.3 Å². The summed E-state index contributed by atoms with van der Waals surface area (Å²) >= 11 is 3.30. The maximum absolute atomic E-state index is 11.7. The number of halogens is 1. The van der Waals surface area contributed by atoms with Gasteiger partial charge in [-0.15, -0.1) is 0 Å². The molecule has 0 unspecified atom stereocenters. The molecule has 0 aliphatic rings. The normalized spacial score (nSPS) is 9.95. The highest BCUT2D eigenvalue weighted by Gasteiger charge is 2.08. The third kappa shape index (κ3) is 2.44. The summed E-state index contributed by atoms with van der Waals surface area (Å²) in [6.45, 7) is 0. The first-order chi connectivity index (χ1) is 9.06. The second kappa shape index (κ2) is 5.12. The van der Waals surface area contributed by atoms with Crippen LogP contribution in [-0.2, 0) is 0 Å². The first kappa shape index (κ1) is 13.1. The second-order valence-corrected chi connectivity index (χ2v) is 4.46. The van der Waals surface area contributed by atoms with Gasteiger partial charge in [0, 0.05) is 12.3 Å². The van der Waals surface area contributed by atoms with E-state index in [1.807, 2.05) is 0 Å². The van der Waals surface area contributed by atoms with Crippen molar-refractivity contribution in [3.63, 3.8) is 0 Å². The van der Waals surface area contributed by atoms with Gasteiger partial charge in [0.05, 0.1) is 17.3 Å². The highest BCUT2D eigenvalue weighted by atomic mass is 79.9. The zero-order valence-electron chi connectivity index (χ0n) is 9.81. The predicted octanol–water partition coefficient (Wildman–Crippen LogP) is 1.17. The summed E-state index contributed by atoms with van der Waals surface area (Å²) in [5, 5.41) is 8.81. The summed E-state index contributed by atoms with van der Waals surface area (Å²) in [7, 11) is 1.50. The first-order valence-corrected chi connectivity index (χ1v) is 5.96. The van der Waals surface area contributed by atoms with Crippen molar-refractivity contribution < 1.29 is 4.74 Å². The van der Waals surface area contributed by atoms with Crippen LogP contribution in [0.1, 0.15) is 5.56 Å². The molecule has 1 heterocycles. The fourth-order valence-electron chi connectivity index (χ4n) is 1.54. The smallest absolute Gasteiger partial charge is 0.332 e. The van der Waals surface area contributed by atoms with Gasteiger partial charge in [-0.05, 0) is 28.1 Å². The largest absolute Gasteiger partial charge is 0.495 e. The number of H-pyrrole nitrogens is 1. The summed E-state index contributed by atoms with van der Waals surface area (Å²) < 4.78 is 7.04. The third-order valence-corrected chi connectivity index (χ3v) is 3.13. The molecule has 0 saturated carbocycles. The molecular weight excluding hydrogens is 314 g/mol. The molecule has 1 N–H and O–H groups in total. The summed E-state index contributed by atoms with van der Waals surface area (Å²) in [5.41, 5.74) is -0.972. The van der Waals surface area contributed by atoms with Crippen molar-refractivity contribution in [1.82, 2.24) is 9.55 Å². The molecule has 0 atom stereocenters. The molecule has 0 amide bonds. The van der Waals surface area contributed by atoms with Gasteiger partial charge in [-0.25, -0.2) is 4.79 Å². The van der Waals surface area contributed by atoms with Crippen molar-refractivity contribution in [1.29, 1.82) is 5.26 Å². The van der Waals surface area contributed by atoms with Crippen LogP contribution in [-0.4, -0.2) is 16.7 Å². The van der Waals surface area contributed by atoms with E-state index in [9.17, 15) is 9.59 Å². The van der Waals surface area contributed by atoms with Crippen molar-refractivity contribution in [2.45, 2.75) is 0 Å². The lowest BCUT2D eigenvalue weighted by molar-refractivity contribution is 0.412. The van der Waals surface area contributed by atoms with Gasteiger partial charge in [-0.3, -0.25) is 14.3 Å². The third-order valence-electron chi connectivity index (χ3n) is 2.48. The Hall–Kier alpha value is -2.33. The van der Waals surface area contributed by atoms with Crippen molar-refractivity contribution in [2.75, 3.05) is 7.11 Å². The molecule has 0 bridgehead atoms. The van der Waals surface area contributed by atoms with Crippen LogP contribution >= 0.6 is 15.9 Å². The SMILES string of the molecule is COc1cc(-n2cc(C#N)c(=O)[nH]c2=O)ccc1Br. The Morgan fingerprint density at radius 2 is 2.16 bits per heavy atom. The molecule has 0 aliphatic heterocycles. The van der Waals surface area contributed by atoms with Crippen LogP contribution in [0.25, 0.3) is 5.69 Å². The quantitative estimate of drug-likeness (QED) is 0.899. The Morgan fingerprint density at radius 3 is 2.79 bits per heavy atom. The minimum atomic E-state index is -0.701. The van der Waals surface area contributed by atoms with Crippen LogP contribution in [0.3, 0.4) is 0 Å². The molecule has 2 rings (SSSR count). The Kier molecular flexibility index (Phi) is 3.53. The van der Waals surface area contributed by atoms with Crippen LogP contribution in [0.5, 0.6) is 5.75 Å². The number of hydrogen-bond acceptors (Lipinski definition) is 4. The lowest BCUT2D eigenvalue weighted by Gasteiger charge is -2.08. The second-order valence-electron chi connectivity index (χ2n) is 3.60. The molecule has 96 valence electrons. The maximum Gasteiger partial charge on any atom is 0.332 e. The molecule has 0 saturated heterocycles. The van der Waals surface area contributed by atoms with Crippen LogP contribution in [0, 0.1) is 11.3 Å². The molecule has 1 aromatic heterocycles. The van der Waals surface area contributed by atoms with Gasteiger partial charge < -0.3 is 4.74 Å². The van der Waals surface area contributed by atoms with E-state index in [2.05, 4.69) is 20.9 Å². The van der Waals surface area contributed by atoms with E-state index in [1.165, 1.54) is 17.9 Å². The average molecular weight is 322 g/mol. The lowest BCUT2D eigenvalue weighted by Crippen LogP contribution is -2.30. The minimum absolute atomic E-state index is 0.138. The van der Waals surface area contributed by atoms with Gasteiger partial charge in [0.2, 0.25) is 0 Å². The highest BCUT2D eigenvalue weighted by molar-refractivity contribution is 9.10. The zero-order chi connectivity index (χ0) is 14.0. The Balaban J connectivity index is 2.69. The molecule has 0 aliphatic carbocycles. The minimum Gasteiger partial charge on any atom is -0.495 e. The summed E-state index contributed by atoms with van der Waals surface area (Å²) in [5.74, 6) is 0.536. The number of rotatable bonds is 2. The summed E-state index contributed by atoms with van der Waals surface area (Å²) in [6, 6.07) is 6.71. The van der Waals surface area contributed by atoms with Crippen LogP contribution in [0.2, 0.25) is 0 Å². The number of nitrogens with one attached hydrogen (secondary N) is 1. The van der Waals surface area contributed by atoms with Gasteiger partial charge in [0.25, 0.3) is 5.56 Å². The Morgan fingerprint density at radius 1 is 1.42 bits per heavy atom. The van der Waals surface area contributed by atoms with E-state index in [4.69, 9.17) is 10.00 Å². The lowest BCUT2D eigenvalue weighted by atomic mass is 10.3. The molecule has 2 aromatic rings. The van der Waals surface area contributed by atoms with Gasteiger partial charge in [0.1, 0.15) is 17.4 Å². The van der Waals surface area contributed by atoms with E-state index in [0.717, 1.165) is 4.47 Å². The van der Waals surface area contributed by atoms with E-state index in [-0.39, 0.29) is 5.56 Å². The van der Waals surface area contributed by atoms with E-state index >= 15 is 0 Å². The number of aromatic nitrogens is 2. The van der Waals surface area contributed by atoms with Gasteiger partial charge >= 0.3 is 5.69 Å². The number of hydrogen-bond donors (Lipinski definition) is 1. The van der Waals surface area contributed by atoms with Gasteiger partial charge in [-0.1, -0.05) is 0 Å². The first-order valence-electron chi connectivity index (χ1n) is 5.17. The number of methoxy groups -OCH3 is 1. The molecule has 0 spiro atoms. The molecule has 1 aromatic carbocycles. The fraction of sp³-hybridized carbons (Fsp3) is 0.0833. The van der Waals surface area contributed by atoms with Crippen molar-refractivity contribution in [3.8, 4) is 17.5 Å². The maximum atomic E-state index is 11.7. The van der Waals surface area contributed by atoms with Crippen LogP contribution in [0.4, 0.5) is 0 Å². The molecular formula is C12H8BrN3O3. The molecule has 6 nitrogen and oxygen atoms in total. The predicted molar refractivity (Wildman–Crippen MR) is 71.6 cm³/mol. The molecule has 7 heteroatoms. The van der Waals surface area contributed by atoms with Crippen molar-refractivity contribution in [3.05, 3.63) is 55.3 Å². The standard InChI is InChI=1S/C12H8BrN3O3/c1-19-10-4-8(2-3-9(10)13)16-6-7(5-14)11(17)15-12(16)18/h2-4,6H,1H3,(H,15,17,18). The number of ether oxygens (including phenoxy) is 1. The summed E-state index contributed by atoms with van der Waals surface area (Å²) in [4.78, 5) is 25.1. The van der Waals surface area contributed by atoms with E-state index < -0.39 is 11.2 Å². The Labute approximate surface area is 116 Å². The number of nitriles is 1. The molecule has 19 heavy (non-hydrogen) atoms. The Bertz CT molecular complexity index is 786. The number of aromatic amines is 1.